The molecule has 0 aliphatic heterocycles. The van der Waals surface area contributed by atoms with Gasteiger partial charge < -0.3 is 14.4 Å². The van der Waals surface area contributed by atoms with E-state index in [-0.39, 0.29) is 18.3 Å². The summed E-state index contributed by atoms with van der Waals surface area (Å²) in [6.07, 6.45) is 4.99. The molecule has 5 rings (SSSR count). The fourth-order valence-corrected chi connectivity index (χ4v) is 5.38. The number of nitrogens with zero attached hydrogens (tertiary/aromatic N) is 3. The SMILES string of the molecule is Cc1ccc(COc2ccc3nc([C@@H]4CCCC[C@H]4C(=O)O)n(Cc4cc(Br)ccc4F)c3c2)nc1. The van der Waals surface area contributed by atoms with Gasteiger partial charge in [-0.1, -0.05) is 34.8 Å². The lowest BCUT2D eigenvalue weighted by Crippen LogP contribution is -2.28. The van der Waals surface area contributed by atoms with E-state index in [0.29, 0.717) is 30.2 Å². The fraction of sp³-hybridized carbons (Fsp3) is 0.321. The number of aliphatic carboxylic acids is 1. The Balaban J connectivity index is 1.55. The van der Waals surface area contributed by atoms with Gasteiger partial charge in [0.1, 0.15) is 24.0 Å². The van der Waals surface area contributed by atoms with Crippen LogP contribution in [-0.4, -0.2) is 25.6 Å². The second-order valence-electron chi connectivity index (χ2n) is 9.39. The van der Waals surface area contributed by atoms with Crippen LogP contribution in [0.5, 0.6) is 5.75 Å². The Bertz CT molecular complexity index is 1400. The first-order valence-corrected chi connectivity index (χ1v) is 12.9. The summed E-state index contributed by atoms with van der Waals surface area (Å²) in [5.41, 5.74) is 3.92. The zero-order valence-electron chi connectivity index (χ0n) is 20.0. The van der Waals surface area contributed by atoms with Gasteiger partial charge in [0.25, 0.3) is 0 Å². The van der Waals surface area contributed by atoms with Crippen LogP contribution in [0.2, 0.25) is 0 Å². The molecule has 0 spiro atoms. The van der Waals surface area contributed by atoms with E-state index in [1.807, 2.05) is 41.8 Å². The Hall–Kier alpha value is -3.26. The van der Waals surface area contributed by atoms with Gasteiger partial charge >= 0.3 is 5.97 Å². The van der Waals surface area contributed by atoms with Gasteiger partial charge in [-0.25, -0.2) is 9.37 Å². The van der Waals surface area contributed by atoms with Crippen molar-refractivity contribution < 1.29 is 19.0 Å². The molecule has 2 heterocycles. The zero-order chi connectivity index (χ0) is 25.2. The minimum absolute atomic E-state index is 0.236. The van der Waals surface area contributed by atoms with Crippen LogP contribution < -0.4 is 4.74 Å². The number of carboxylic acids is 1. The summed E-state index contributed by atoms with van der Waals surface area (Å²) in [4.78, 5) is 21.4. The number of carbonyl (C=O) groups is 1. The van der Waals surface area contributed by atoms with Crippen LogP contribution in [0.3, 0.4) is 0 Å². The molecule has 0 saturated heterocycles. The highest BCUT2D eigenvalue weighted by Gasteiger charge is 2.35. The number of fused-ring (bicyclic) bond motifs is 1. The van der Waals surface area contributed by atoms with Crippen LogP contribution in [0.15, 0.2) is 59.2 Å². The van der Waals surface area contributed by atoms with Crippen molar-refractivity contribution in [1.29, 1.82) is 0 Å². The molecule has 186 valence electrons. The molecule has 1 aliphatic rings. The number of carboxylic acid groups (broad SMARTS) is 1. The average molecular weight is 552 g/mol. The molecule has 0 unspecified atom stereocenters. The first-order valence-electron chi connectivity index (χ1n) is 12.1. The monoisotopic (exact) mass is 551 g/mol. The molecular formula is C28H27BrFN3O3. The van der Waals surface area contributed by atoms with Crippen molar-refractivity contribution in [2.45, 2.75) is 51.7 Å². The molecule has 6 nitrogen and oxygen atoms in total. The summed E-state index contributed by atoms with van der Waals surface area (Å²) in [5.74, 6) is -0.534. The highest BCUT2D eigenvalue weighted by atomic mass is 79.9. The quantitative estimate of drug-likeness (QED) is 0.279. The number of pyridine rings is 1. The molecule has 1 N–H and O–H groups in total. The van der Waals surface area contributed by atoms with E-state index >= 15 is 0 Å². The molecule has 8 heteroatoms. The van der Waals surface area contributed by atoms with E-state index < -0.39 is 11.9 Å². The van der Waals surface area contributed by atoms with Crippen molar-refractivity contribution >= 4 is 32.9 Å². The molecular weight excluding hydrogens is 525 g/mol. The Kier molecular flexibility index (Phi) is 7.05. The number of aryl methyl sites for hydroxylation is 1. The van der Waals surface area contributed by atoms with Crippen molar-refractivity contribution in [2.75, 3.05) is 0 Å². The summed E-state index contributed by atoms with van der Waals surface area (Å²) in [5, 5.41) is 9.92. The molecule has 2 atom stereocenters. The van der Waals surface area contributed by atoms with Crippen molar-refractivity contribution in [3.63, 3.8) is 0 Å². The minimum atomic E-state index is -0.804. The van der Waals surface area contributed by atoms with Crippen LogP contribution >= 0.6 is 15.9 Å². The second kappa shape index (κ2) is 10.4. The Morgan fingerprint density at radius 1 is 1.17 bits per heavy atom. The van der Waals surface area contributed by atoms with Gasteiger partial charge in [-0.3, -0.25) is 9.78 Å². The Morgan fingerprint density at radius 3 is 2.78 bits per heavy atom. The van der Waals surface area contributed by atoms with E-state index in [9.17, 15) is 14.3 Å². The summed E-state index contributed by atoms with van der Waals surface area (Å²) in [7, 11) is 0. The molecule has 2 aromatic carbocycles. The van der Waals surface area contributed by atoms with Gasteiger partial charge in [-0.05, 0) is 61.7 Å². The van der Waals surface area contributed by atoms with E-state index in [0.717, 1.165) is 46.0 Å². The average Bonchev–Trinajstić information content (AvgIpc) is 3.23. The minimum Gasteiger partial charge on any atom is -0.487 e. The van der Waals surface area contributed by atoms with Gasteiger partial charge in [0.2, 0.25) is 0 Å². The number of benzene rings is 2. The highest BCUT2D eigenvalue weighted by molar-refractivity contribution is 9.10. The number of hydrogen-bond acceptors (Lipinski definition) is 4. The van der Waals surface area contributed by atoms with Crippen molar-refractivity contribution in [2.24, 2.45) is 5.92 Å². The molecule has 4 aromatic rings. The predicted octanol–water partition coefficient (Wildman–Crippen LogP) is 6.63. The molecule has 0 bridgehead atoms. The van der Waals surface area contributed by atoms with E-state index in [4.69, 9.17) is 9.72 Å². The zero-order valence-corrected chi connectivity index (χ0v) is 21.5. The van der Waals surface area contributed by atoms with Crippen LogP contribution in [0.1, 0.15) is 54.2 Å². The lowest BCUT2D eigenvalue weighted by atomic mass is 9.78. The van der Waals surface area contributed by atoms with E-state index in [2.05, 4.69) is 20.9 Å². The number of halogens is 2. The van der Waals surface area contributed by atoms with Gasteiger partial charge in [0.15, 0.2) is 0 Å². The van der Waals surface area contributed by atoms with Crippen molar-refractivity contribution in [3.8, 4) is 5.75 Å². The van der Waals surface area contributed by atoms with Gasteiger partial charge in [0.05, 0.1) is 29.2 Å². The number of aromatic nitrogens is 3. The Labute approximate surface area is 217 Å². The number of hydrogen-bond donors (Lipinski definition) is 1. The molecule has 1 saturated carbocycles. The van der Waals surface area contributed by atoms with Gasteiger partial charge in [0, 0.05) is 28.2 Å². The third-order valence-corrected chi connectivity index (χ3v) is 7.35. The molecule has 2 aromatic heterocycles. The largest absolute Gasteiger partial charge is 0.487 e. The summed E-state index contributed by atoms with van der Waals surface area (Å²) in [6, 6.07) is 14.4. The Morgan fingerprint density at radius 2 is 2.00 bits per heavy atom. The van der Waals surface area contributed by atoms with Crippen LogP contribution in [-0.2, 0) is 17.9 Å². The predicted molar refractivity (Wildman–Crippen MR) is 139 cm³/mol. The summed E-state index contributed by atoms with van der Waals surface area (Å²) >= 11 is 3.44. The lowest BCUT2D eigenvalue weighted by Gasteiger charge is -2.28. The smallest absolute Gasteiger partial charge is 0.307 e. The van der Waals surface area contributed by atoms with E-state index in [1.54, 1.807) is 18.3 Å². The number of ether oxygens (including phenoxy) is 1. The maximum Gasteiger partial charge on any atom is 0.307 e. The third-order valence-electron chi connectivity index (χ3n) is 6.86. The maximum absolute atomic E-state index is 14.8. The van der Waals surface area contributed by atoms with Crippen LogP contribution in [0, 0.1) is 18.7 Å². The first kappa shape index (κ1) is 24.4. The summed E-state index contributed by atoms with van der Waals surface area (Å²) in [6.45, 7) is 2.54. The van der Waals surface area contributed by atoms with E-state index in [1.165, 1.54) is 6.07 Å². The van der Waals surface area contributed by atoms with Crippen LogP contribution in [0.25, 0.3) is 11.0 Å². The number of rotatable bonds is 7. The maximum atomic E-state index is 14.8. The summed E-state index contributed by atoms with van der Waals surface area (Å²) < 4.78 is 23.5. The molecule has 36 heavy (non-hydrogen) atoms. The highest BCUT2D eigenvalue weighted by Crippen LogP contribution is 2.39. The topological polar surface area (TPSA) is 77.2 Å². The molecule has 1 aliphatic carbocycles. The van der Waals surface area contributed by atoms with Crippen molar-refractivity contribution in [3.05, 3.63) is 87.7 Å². The van der Waals surface area contributed by atoms with Gasteiger partial charge in [-0.15, -0.1) is 0 Å². The molecule has 0 amide bonds. The first-order chi connectivity index (χ1) is 17.4. The van der Waals surface area contributed by atoms with Crippen LogP contribution in [0.4, 0.5) is 4.39 Å². The molecule has 1 fully saturated rings. The fourth-order valence-electron chi connectivity index (χ4n) is 4.97. The lowest BCUT2D eigenvalue weighted by molar-refractivity contribution is -0.143. The second-order valence-corrected chi connectivity index (χ2v) is 10.3. The third kappa shape index (κ3) is 5.14. The van der Waals surface area contributed by atoms with Gasteiger partial charge in [-0.2, -0.15) is 0 Å². The van der Waals surface area contributed by atoms with Crippen molar-refractivity contribution in [1.82, 2.24) is 14.5 Å². The standard InChI is InChI=1S/C28H27BrFN3O3/c1-17-6-8-20(31-14-17)16-36-21-9-11-25-26(13-21)33(15-18-12-19(29)7-10-24(18)30)27(32-25)22-4-2-3-5-23(22)28(34)35/h6-14,22-23H,2-5,15-16H2,1H3,(H,34,35)/t22-,23-/m1/s1. The molecule has 0 radical (unpaired) electrons. The number of imidazole rings is 1. The normalized spacial score (nSPS) is 17.9.